The fourth-order valence-electron chi connectivity index (χ4n) is 0.806. The first-order chi connectivity index (χ1) is 6.59. The highest BCUT2D eigenvalue weighted by molar-refractivity contribution is 5.91. The van der Waals surface area contributed by atoms with E-state index in [1.54, 1.807) is 0 Å². The van der Waals surface area contributed by atoms with Gasteiger partial charge in [-0.25, -0.2) is 9.18 Å². The maximum Gasteiger partial charge on any atom is 0.338 e. The van der Waals surface area contributed by atoms with Crippen molar-refractivity contribution in [2.75, 3.05) is 6.61 Å². The molecule has 0 aliphatic carbocycles. The van der Waals surface area contributed by atoms with E-state index in [2.05, 4.69) is 4.74 Å². The van der Waals surface area contributed by atoms with Crippen LogP contribution in [-0.2, 0) is 9.53 Å². The Morgan fingerprint density at radius 1 is 1.29 bits per heavy atom. The van der Waals surface area contributed by atoms with Crippen LogP contribution in [0.5, 0.6) is 0 Å². The molecule has 74 valence electrons. The highest BCUT2D eigenvalue weighted by atomic mass is 19.1. The number of hydrogen-bond acceptors (Lipinski definition) is 3. The highest BCUT2D eigenvalue weighted by Gasteiger charge is 2.07. The minimum absolute atomic E-state index is 0.174. The largest absolute Gasteiger partial charge is 0.452 e. The normalized spacial score (nSPS) is 9.50. The average Bonchev–Trinajstić information content (AvgIpc) is 2.15. The van der Waals surface area contributed by atoms with Crippen LogP contribution in [0.15, 0.2) is 24.3 Å². The van der Waals surface area contributed by atoms with E-state index in [1.807, 2.05) is 0 Å². The molecular weight excluding hydrogens is 189 g/mol. The van der Waals surface area contributed by atoms with Crippen molar-refractivity contribution in [2.45, 2.75) is 0 Å². The SMILES string of the molecule is NC(=O)COC(=O)c1ccc(F)cc1. The molecule has 0 saturated carbocycles. The van der Waals surface area contributed by atoms with Gasteiger partial charge in [-0.3, -0.25) is 4.79 Å². The zero-order valence-corrected chi connectivity index (χ0v) is 7.20. The molecule has 2 N–H and O–H groups in total. The van der Waals surface area contributed by atoms with Crippen LogP contribution in [0.1, 0.15) is 10.4 Å². The Balaban J connectivity index is 2.61. The smallest absolute Gasteiger partial charge is 0.338 e. The molecule has 0 radical (unpaired) electrons. The molecule has 1 aromatic carbocycles. The zero-order valence-electron chi connectivity index (χ0n) is 7.20. The van der Waals surface area contributed by atoms with Crippen molar-refractivity contribution in [1.29, 1.82) is 0 Å². The van der Waals surface area contributed by atoms with Crippen molar-refractivity contribution in [3.05, 3.63) is 35.6 Å². The molecule has 0 atom stereocenters. The number of ether oxygens (including phenoxy) is 1. The Hall–Kier alpha value is -1.91. The van der Waals surface area contributed by atoms with E-state index in [9.17, 15) is 14.0 Å². The quantitative estimate of drug-likeness (QED) is 0.716. The summed E-state index contributed by atoms with van der Waals surface area (Å²) in [4.78, 5) is 21.4. The second-order valence-electron chi connectivity index (χ2n) is 2.55. The van der Waals surface area contributed by atoms with Crippen LogP contribution in [0.2, 0.25) is 0 Å². The fraction of sp³-hybridized carbons (Fsp3) is 0.111. The van der Waals surface area contributed by atoms with E-state index in [-0.39, 0.29) is 5.56 Å². The number of carbonyl (C=O) groups excluding carboxylic acids is 2. The van der Waals surface area contributed by atoms with Gasteiger partial charge in [-0.15, -0.1) is 0 Å². The van der Waals surface area contributed by atoms with Gasteiger partial charge in [-0.2, -0.15) is 0 Å². The summed E-state index contributed by atoms with van der Waals surface area (Å²) in [6.07, 6.45) is 0. The minimum atomic E-state index is -0.736. The summed E-state index contributed by atoms with van der Waals surface area (Å²) in [5.41, 5.74) is 4.94. The van der Waals surface area contributed by atoms with Gasteiger partial charge in [0.15, 0.2) is 6.61 Å². The van der Waals surface area contributed by atoms with E-state index in [0.717, 1.165) is 12.1 Å². The number of halogens is 1. The summed E-state index contributed by atoms with van der Waals surface area (Å²) in [7, 11) is 0. The Morgan fingerprint density at radius 3 is 2.36 bits per heavy atom. The van der Waals surface area contributed by atoms with E-state index in [4.69, 9.17) is 5.73 Å². The lowest BCUT2D eigenvalue weighted by Gasteiger charge is -2.01. The summed E-state index contributed by atoms with van der Waals surface area (Å²) in [6.45, 7) is -0.476. The zero-order chi connectivity index (χ0) is 10.6. The van der Waals surface area contributed by atoms with Crippen molar-refractivity contribution in [1.82, 2.24) is 0 Å². The first-order valence-electron chi connectivity index (χ1n) is 3.80. The van der Waals surface area contributed by atoms with Gasteiger partial charge < -0.3 is 10.5 Å². The van der Waals surface area contributed by atoms with Gasteiger partial charge in [0.05, 0.1) is 5.56 Å². The second-order valence-corrected chi connectivity index (χ2v) is 2.55. The molecular formula is C9H8FNO3. The van der Waals surface area contributed by atoms with Crippen LogP contribution in [0.25, 0.3) is 0 Å². The molecule has 0 spiro atoms. The lowest BCUT2D eigenvalue weighted by atomic mass is 10.2. The molecule has 0 heterocycles. The third-order valence-corrected chi connectivity index (χ3v) is 1.43. The Bertz CT molecular complexity index is 348. The van der Waals surface area contributed by atoms with Crippen LogP contribution >= 0.6 is 0 Å². The van der Waals surface area contributed by atoms with Gasteiger partial charge in [-0.1, -0.05) is 0 Å². The maximum atomic E-state index is 12.4. The molecule has 0 unspecified atom stereocenters. The molecule has 0 aliphatic rings. The van der Waals surface area contributed by atoms with Crippen molar-refractivity contribution >= 4 is 11.9 Å². The summed E-state index contributed by atoms with van der Waals surface area (Å²) in [5.74, 6) is -1.89. The first-order valence-corrected chi connectivity index (χ1v) is 3.80. The number of nitrogens with two attached hydrogens (primary N) is 1. The van der Waals surface area contributed by atoms with Crippen LogP contribution in [0, 0.1) is 5.82 Å². The third-order valence-electron chi connectivity index (χ3n) is 1.43. The predicted octanol–water partition coefficient (Wildman–Crippen LogP) is 0.468. The molecule has 1 aromatic rings. The number of primary amides is 1. The Kier molecular flexibility index (Phi) is 3.17. The van der Waals surface area contributed by atoms with Gasteiger partial charge >= 0.3 is 5.97 Å². The number of amides is 1. The molecule has 0 bridgehead atoms. The van der Waals surface area contributed by atoms with Crippen molar-refractivity contribution in [3.8, 4) is 0 Å². The molecule has 0 fully saturated rings. The average molecular weight is 197 g/mol. The monoisotopic (exact) mass is 197 g/mol. The summed E-state index contributed by atoms with van der Waals surface area (Å²) in [5, 5.41) is 0. The third kappa shape index (κ3) is 2.85. The standard InChI is InChI=1S/C9H8FNO3/c10-7-3-1-6(2-4-7)9(13)14-5-8(11)12/h1-4H,5H2,(H2,11,12). The maximum absolute atomic E-state index is 12.4. The lowest BCUT2D eigenvalue weighted by Crippen LogP contribution is -2.20. The molecule has 14 heavy (non-hydrogen) atoms. The van der Waals surface area contributed by atoms with Gasteiger partial charge in [0, 0.05) is 0 Å². The van der Waals surface area contributed by atoms with Crippen LogP contribution < -0.4 is 5.73 Å². The van der Waals surface area contributed by atoms with Crippen LogP contribution in [0.3, 0.4) is 0 Å². The highest BCUT2D eigenvalue weighted by Crippen LogP contribution is 2.03. The Labute approximate surface area is 79.5 Å². The fourth-order valence-corrected chi connectivity index (χ4v) is 0.806. The van der Waals surface area contributed by atoms with Crippen LogP contribution in [-0.4, -0.2) is 18.5 Å². The van der Waals surface area contributed by atoms with E-state index >= 15 is 0 Å². The lowest BCUT2D eigenvalue weighted by molar-refractivity contribution is -0.121. The van der Waals surface area contributed by atoms with E-state index in [0.29, 0.717) is 0 Å². The van der Waals surface area contributed by atoms with Crippen molar-refractivity contribution in [2.24, 2.45) is 5.73 Å². The number of rotatable bonds is 3. The summed E-state index contributed by atoms with van der Waals surface area (Å²) in [6, 6.07) is 4.78. The number of hydrogen-bond donors (Lipinski definition) is 1. The van der Waals surface area contributed by atoms with E-state index < -0.39 is 24.3 Å². The van der Waals surface area contributed by atoms with E-state index in [1.165, 1.54) is 12.1 Å². The molecule has 4 nitrogen and oxygen atoms in total. The van der Waals surface area contributed by atoms with Gasteiger partial charge in [0.2, 0.25) is 0 Å². The molecule has 1 rings (SSSR count). The molecule has 5 heteroatoms. The van der Waals surface area contributed by atoms with Crippen molar-refractivity contribution in [3.63, 3.8) is 0 Å². The number of carbonyl (C=O) groups is 2. The molecule has 0 saturated heterocycles. The second kappa shape index (κ2) is 4.36. The topological polar surface area (TPSA) is 69.4 Å². The summed E-state index contributed by atoms with van der Waals surface area (Å²) < 4.78 is 16.9. The molecule has 1 amide bonds. The van der Waals surface area contributed by atoms with Gasteiger partial charge in [0.25, 0.3) is 5.91 Å². The van der Waals surface area contributed by atoms with Crippen molar-refractivity contribution < 1.29 is 18.7 Å². The molecule has 0 aromatic heterocycles. The Morgan fingerprint density at radius 2 is 1.86 bits per heavy atom. The van der Waals surface area contributed by atoms with Crippen LogP contribution in [0.4, 0.5) is 4.39 Å². The number of benzene rings is 1. The summed E-state index contributed by atoms with van der Waals surface area (Å²) >= 11 is 0. The first kappa shape index (κ1) is 10.2. The predicted molar refractivity (Wildman–Crippen MR) is 45.9 cm³/mol. The number of esters is 1. The van der Waals surface area contributed by atoms with Gasteiger partial charge in [-0.05, 0) is 24.3 Å². The van der Waals surface area contributed by atoms with Gasteiger partial charge in [0.1, 0.15) is 5.82 Å². The molecule has 0 aliphatic heterocycles. The minimum Gasteiger partial charge on any atom is -0.452 e.